The van der Waals surface area contributed by atoms with Crippen LogP contribution in [0, 0.1) is 17.2 Å². The number of nitrogens with two attached hydrogens (primary N) is 1. The number of nitrogens with zero attached hydrogens (tertiary/aromatic N) is 5. The zero-order chi connectivity index (χ0) is 14.3. The van der Waals surface area contributed by atoms with Crippen molar-refractivity contribution in [2.45, 2.75) is 18.4 Å². The van der Waals surface area contributed by atoms with Crippen LogP contribution >= 0.6 is 0 Å². The molecule has 0 aliphatic carbocycles. The predicted octanol–water partition coefficient (Wildman–Crippen LogP) is -1.20. The topological polar surface area (TPSA) is 143 Å². The SMILES string of the molecule is N#C[C@@H]1[C@H](O)[C@@H](n2cnc3c(N)ncnc32)O[C@H]1CO. The van der Waals surface area contributed by atoms with E-state index in [0.717, 1.165) is 0 Å². The maximum atomic E-state index is 10.2. The summed E-state index contributed by atoms with van der Waals surface area (Å²) in [6, 6.07) is 1.94. The molecule has 4 N–H and O–H groups in total. The quantitative estimate of drug-likeness (QED) is 0.620. The van der Waals surface area contributed by atoms with E-state index in [-0.39, 0.29) is 12.4 Å². The van der Waals surface area contributed by atoms with Crippen molar-refractivity contribution in [1.82, 2.24) is 19.5 Å². The number of aliphatic hydroxyl groups excluding tert-OH is 2. The Morgan fingerprint density at radius 3 is 2.90 bits per heavy atom. The zero-order valence-corrected chi connectivity index (χ0v) is 10.3. The fourth-order valence-electron chi connectivity index (χ4n) is 2.34. The van der Waals surface area contributed by atoms with Crippen LogP contribution in [0.15, 0.2) is 12.7 Å². The molecule has 1 fully saturated rings. The van der Waals surface area contributed by atoms with Crippen LogP contribution in [0.5, 0.6) is 0 Å². The standard InChI is InChI=1S/C11H12N6O3/c12-1-5-6(2-18)20-11(8(5)19)17-4-16-7-9(13)14-3-15-10(7)17/h3-6,8,11,18-19H,2H2,(H2,13,14,15)/t5-,6-,8-,11-/m0/s1. The van der Waals surface area contributed by atoms with Gasteiger partial charge in [-0.3, -0.25) is 4.57 Å². The number of hydrogen-bond donors (Lipinski definition) is 3. The first-order valence-electron chi connectivity index (χ1n) is 5.94. The molecule has 0 unspecified atom stereocenters. The summed E-state index contributed by atoms with van der Waals surface area (Å²) < 4.78 is 7.00. The Morgan fingerprint density at radius 2 is 2.25 bits per heavy atom. The number of aromatic nitrogens is 4. The molecule has 0 radical (unpaired) electrons. The van der Waals surface area contributed by atoms with Gasteiger partial charge in [0.1, 0.15) is 30.0 Å². The lowest BCUT2D eigenvalue weighted by atomic mass is 10.0. The van der Waals surface area contributed by atoms with Gasteiger partial charge in [-0.1, -0.05) is 0 Å². The summed E-state index contributed by atoms with van der Waals surface area (Å²) >= 11 is 0. The van der Waals surface area contributed by atoms with Crippen molar-refractivity contribution >= 4 is 17.0 Å². The Balaban J connectivity index is 2.04. The number of aliphatic hydroxyl groups is 2. The fraction of sp³-hybridized carbons (Fsp3) is 0.455. The Labute approximate surface area is 113 Å². The van der Waals surface area contributed by atoms with Crippen molar-refractivity contribution in [1.29, 1.82) is 5.26 Å². The minimum absolute atomic E-state index is 0.219. The van der Waals surface area contributed by atoms with Gasteiger partial charge in [0.2, 0.25) is 0 Å². The molecule has 1 saturated heterocycles. The second kappa shape index (κ2) is 4.68. The normalized spacial score (nSPS) is 29.6. The maximum Gasteiger partial charge on any atom is 0.167 e. The van der Waals surface area contributed by atoms with Crippen molar-refractivity contribution in [3.8, 4) is 6.07 Å². The Hall–Kier alpha value is -2.28. The maximum absolute atomic E-state index is 10.2. The summed E-state index contributed by atoms with van der Waals surface area (Å²) in [7, 11) is 0. The van der Waals surface area contributed by atoms with Crippen LogP contribution in [0.3, 0.4) is 0 Å². The molecule has 0 amide bonds. The molecular weight excluding hydrogens is 264 g/mol. The molecule has 0 saturated carbocycles. The highest BCUT2D eigenvalue weighted by atomic mass is 16.5. The lowest BCUT2D eigenvalue weighted by Crippen LogP contribution is -2.26. The van der Waals surface area contributed by atoms with Crippen molar-refractivity contribution < 1.29 is 14.9 Å². The molecule has 1 aliphatic rings. The van der Waals surface area contributed by atoms with Gasteiger partial charge in [0.15, 0.2) is 17.7 Å². The monoisotopic (exact) mass is 276 g/mol. The molecule has 3 rings (SSSR count). The molecule has 0 bridgehead atoms. The Bertz CT molecular complexity index is 680. The number of imidazole rings is 1. The van der Waals surface area contributed by atoms with E-state index in [0.29, 0.717) is 11.2 Å². The minimum Gasteiger partial charge on any atom is -0.394 e. The van der Waals surface area contributed by atoms with Gasteiger partial charge in [0.05, 0.1) is 19.0 Å². The van der Waals surface area contributed by atoms with E-state index in [4.69, 9.17) is 15.7 Å². The van der Waals surface area contributed by atoms with Gasteiger partial charge >= 0.3 is 0 Å². The van der Waals surface area contributed by atoms with Crippen LogP contribution in [0.2, 0.25) is 0 Å². The van der Waals surface area contributed by atoms with Gasteiger partial charge in [-0.05, 0) is 0 Å². The summed E-state index contributed by atoms with van der Waals surface area (Å²) in [5, 5.41) is 28.4. The van der Waals surface area contributed by atoms with Crippen molar-refractivity contribution in [3.63, 3.8) is 0 Å². The molecule has 3 heterocycles. The third-order valence-electron chi connectivity index (χ3n) is 3.37. The van der Waals surface area contributed by atoms with Crippen molar-refractivity contribution in [2.24, 2.45) is 5.92 Å². The highest BCUT2D eigenvalue weighted by Crippen LogP contribution is 2.35. The molecule has 20 heavy (non-hydrogen) atoms. The molecule has 9 heteroatoms. The number of nitrogen functional groups attached to an aromatic ring is 1. The number of rotatable bonds is 2. The molecule has 104 valence electrons. The Morgan fingerprint density at radius 1 is 1.45 bits per heavy atom. The molecule has 2 aromatic heterocycles. The number of ether oxygens (including phenoxy) is 1. The molecule has 0 aromatic carbocycles. The highest BCUT2D eigenvalue weighted by molar-refractivity contribution is 5.81. The largest absolute Gasteiger partial charge is 0.394 e. The van der Waals surface area contributed by atoms with Crippen LogP contribution in [0.25, 0.3) is 11.2 Å². The molecular formula is C11H12N6O3. The average molecular weight is 276 g/mol. The van der Waals surface area contributed by atoms with E-state index in [2.05, 4.69) is 15.0 Å². The van der Waals surface area contributed by atoms with Crippen LogP contribution < -0.4 is 5.73 Å². The van der Waals surface area contributed by atoms with E-state index < -0.39 is 24.4 Å². The van der Waals surface area contributed by atoms with E-state index in [1.54, 1.807) is 0 Å². The predicted molar refractivity (Wildman–Crippen MR) is 65.8 cm³/mol. The van der Waals surface area contributed by atoms with E-state index >= 15 is 0 Å². The molecule has 1 aliphatic heterocycles. The molecule has 2 aromatic rings. The van der Waals surface area contributed by atoms with Crippen LogP contribution in [0.1, 0.15) is 6.23 Å². The summed E-state index contributed by atoms with van der Waals surface area (Å²) in [6.07, 6.45) is -0.00115. The summed E-state index contributed by atoms with van der Waals surface area (Å²) in [4.78, 5) is 12.0. The van der Waals surface area contributed by atoms with Crippen LogP contribution in [0.4, 0.5) is 5.82 Å². The van der Waals surface area contributed by atoms with Crippen LogP contribution in [-0.4, -0.2) is 48.5 Å². The number of nitriles is 1. The second-order valence-electron chi connectivity index (χ2n) is 4.48. The summed E-state index contributed by atoms with van der Waals surface area (Å²) in [6.45, 7) is -0.352. The fourth-order valence-corrected chi connectivity index (χ4v) is 2.34. The lowest BCUT2D eigenvalue weighted by Gasteiger charge is -2.16. The third-order valence-corrected chi connectivity index (χ3v) is 3.37. The van der Waals surface area contributed by atoms with E-state index in [1.807, 2.05) is 6.07 Å². The first-order valence-corrected chi connectivity index (χ1v) is 5.94. The highest BCUT2D eigenvalue weighted by Gasteiger charge is 2.45. The van der Waals surface area contributed by atoms with Gasteiger partial charge in [-0.15, -0.1) is 0 Å². The second-order valence-corrected chi connectivity index (χ2v) is 4.48. The third kappa shape index (κ3) is 1.70. The van der Waals surface area contributed by atoms with Gasteiger partial charge in [0.25, 0.3) is 0 Å². The minimum atomic E-state index is -1.09. The van der Waals surface area contributed by atoms with E-state index in [1.165, 1.54) is 17.2 Å². The smallest absolute Gasteiger partial charge is 0.167 e. The number of fused-ring (bicyclic) bond motifs is 1. The average Bonchev–Trinajstić information content (AvgIpc) is 3.00. The van der Waals surface area contributed by atoms with Crippen molar-refractivity contribution in [3.05, 3.63) is 12.7 Å². The zero-order valence-electron chi connectivity index (χ0n) is 10.3. The summed E-state index contributed by atoms with van der Waals surface area (Å²) in [5.74, 6) is -0.599. The number of anilines is 1. The van der Waals surface area contributed by atoms with Crippen LogP contribution in [-0.2, 0) is 4.74 Å². The van der Waals surface area contributed by atoms with E-state index in [9.17, 15) is 10.2 Å². The van der Waals surface area contributed by atoms with Gasteiger partial charge in [-0.25, -0.2) is 15.0 Å². The molecule has 4 atom stereocenters. The van der Waals surface area contributed by atoms with Crippen molar-refractivity contribution in [2.75, 3.05) is 12.3 Å². The first-order chi connectivity index (χ1) is 9.67. The van der Waals surface area contributed by atoms with Gasteiger partial charge < -0.3 is 20.7 Å². The molecule has 9 nitrogen and oxygen atoms in total. The number of hydrogen-bond acceptors (Lipinski definition) is 8. The van der Waals surface area contributed by atoms with Gasteiger partial charge in [0, 0.05) is 0 Å². The lowest BCUT2D eigenvalue weighted by molar-refractivity contribution is -0.0489. The first kappa shape index (κ1) is 12.7. The summed E-state index contributed by atoms with van der Waals surface area (Å²) in [5.41, 5.74) is 6.48. The van der Waals surface area contributed by atoms with Gasteiger partial charge in [-0.2, -0.15) is 5.26 Å². The Kier molecular flexibility index (Phi) is 2.98. The molecule has 0 spiro atoms.